The number of hydrogen-bond donors (Lipinski definition) is 1. The first-order valence-electron chi connectivity index (χ1n) is 4.18. The van der Waals surface area contributed by atoms with Crippen LogP contribution in [0.15, 0.2) is 29.8 Å². The molecule has 1 rings (SSSR count). The van der Waals surface area contributed by atoms with E-state index in [0.29, 0.717) is 5.88 Å². The van der Waals surface area contributed by atoms with Gasteiger partial charge in [0.05, 0.1) is 6.61 Å². The Morgan fingerprint density at radius 2 is 2.36 bits per heavy atom. The highest BCUT2D eigenvalue weighted by molar-refractivity contribution is 7.99. The van der Waals surface area contributed by atoms with Gasteiger partial charge in [-0.1, -0.05) is 6.08 Å². The molecule has 0 fully saturated rings. The molecule has 0 unspecified atom stereocenters. The van der Waals surface area contributed by atoms with Crippen LogP contribution in [0.5, 0.6) is 5.88 Å². The predicted octanol–water partition coefficient (Wildman–Crippen LogP) is 1.13. The predicted molar refractivity (Wildman–Crippen MR) is 55.5 cm³/mol. The maximum absolute atomic E-state index is 8.51. The van der Waals surface area contributed by atoms with E-state index in [1.54, 1.807) is 17.8 Å². The van der Waals surface area contributed by atoms with Gasteiger partial charge in [0.15, 0.2) is 0 Å². The van der Waals surface area contributed by atoms with Crippen molar-refractivity contribution in [3.63, 3.8) is 0 Å². The van der Waals surface area contributed by atoms with E-state index in [-0.39, 0.29) is 13.2 Å². The van der Waals surface area contributed by atoms with Gasteiger partial charge in [-0.3, -0.25) is 0 Å². The minimum absolute atomic E-state index is 0.0192. The Balaban J connectivity index is 2.46. The van der Waals surface area contributed by atoms with E-state index in [9.17, 15) is 0 Å². The number of rotatable bonds is 6. The third-order valence-electron chi connectivity index (χ3n) is 1.31. The monoisotopic (exact) mass is 212 g/mol. The zero-order valence-corrected chi connectivity index (χ0v) is 8.54. The van der Waals surface area contributed by atoms with Crippen LogP contribution in [0.1, 0.15) is 0 Å². The molecule has 0 aliphatic heterocycles. The van der Waals surface area contributed by atoms with Crippen molar-refractivity contribution in [1.82, 2.24) is 10.2 Å². The summed E-state index contributed by atoms with van der Waals surface area (Å²) in [5, 5.41) is 17.1. The van der Waals surface area contributed by atoms with E-state index >= 15 is 0 Å². The van der Waals surface area contributed by atoms with Gasteiger partial charge in [0.1, 0.15) is 11.6 Å². The molecule has 0 saturated heterocycles. The fraction of sp³-hybridized carbons (Fsp3) is 0.333. The molecule has 0 aromatic carbocycles. The number of aliphatic hydroxyl groups excluding tert-OH is 1. The second-order valence-electron chi connectivity index (χ2n) is 2.38. The molecule has 1 heterocycles. The van der Waals surface area contributed by atoms with Crippen LogP contribution in [-0.4, -0.2) is 34.3 Å². The molecular formula is C9H12N2O2S. The number of aliphatic hydroxyl groups is 1. The van der Waals surface area contributed by atoms with Crippen molar-refractivity contribution in [2.24, 2.45) is 0 Å². The van der Waals surface area contributed by atoms with Crippen molar-refractivity contribution in [2.75, 3.05) is 19.0 Å². The molecule has 1 aromatic rings. The van der Waals surface area contributed by atoms with Gasteiger partial charge in [0, 0.05) is 11.8 Å². The molecule has 0 saturated carbocycles. The summed E-state index contributed by atoms with van der Waals surface area (Å²) in [4.78, 5) is 0. The number of hydrogen-bond acceptors (Lipinski definition) is 5. The summed E-state index contributed by atoms with van der Waals surface area (Å²) in [5.74, 6) is 1.24. The molecule has 4 nitrogen and oxygen atoms in total. The van der Waals surface area contributed by atoms with Gasteiger partial charge in [-0.25, -0.2) is 0 Å². The van der Waals surface area contributed by atoms with E-state index in [4.69, 9.17) is 9.84 Å². The molecule has 0 bridgehead atoms. The molecule has 1 N–H and O–H groups in total. The highest BCUT2D eigenvalue weighted by Gasteiger charge is 1.97. The van der Waals surface area contributed by atoms with Crippen LogP contribution < -0.4 is 4.74 Å². The number of ether oxygens (including phenoxy) is 1. The smallest absolute Gasteiger partial charge is 0.233 e. The molecule has 0 aliphatic rings. The molecule has 1 aromatic heterocycles. The fourth-order valence-electron chi connectivity index (χ4n) is 0.756. The molecular weight excluding hydrogens is 200 g/mol. The molecule has 0 spiro atoms. The van der Waals surface area contributed by atoms with Gasteiger partial charge in [-0.05, 0) is 6.07 Å². The Kier molecular flexibility index (Phi) is 5.03. The minimum atomic E-state index is -0.0192. The van der Waals surface area contributed by atoms with E-state index in [0.717, 1.165) is 10.8 Å². The summed E-state index contributed by atoms with van der Waals surface area (Å²) in [6, 6.07) is 3.56. The third kappa shape index (κ3) is 3.76. The Hall–Kier alpha value is -1.07. The maximum atomic E-state index is 8.51. The normalized spacial score (nSPS) is 9.79. The van der Waals surface area contributed by atoms with Crippen LogP contribution in [-0.2, 0) is 0 Å². The van der Waals surface area contributed by atoms with Gasteiger partial charge < -0.3 is 9.84 Å². The first-order valence-corrected chi connectivity index (χ1v) is 5.16. The van der Waals surface area contributed by atoms with Crippen LogP contribution in [0, 0.1) is 0 Å². The minimum Gasteiger partial charge on any atom is -0.474 e. The quantitative estimate of drug-likeness (QED) is 0.566. The van der Waals surface area contributed by atoms with E-state index in [1.807, 2.05) is 12.1 Å². The van der Waals surface area contributed by atoms with Crippen molar-refractivity contribution >= 4 is 11.8 Å². The first-order chi connectivity index (χ1) is 6.86. The second kappa shape index (κ2) is 6.39. The molecule has 0 atom stereocenters. The van der Waals surface area contributed by atoms with Crippen molar-refractivity contribution in [3.8, 4) is 5.88 Å². The van der Waals surface area contributed by atoms with Crippen LogP contribution in [0.25, 0.3) is 0 Å². The van der Waals surface area contributed by atoms with Gasteiger partial charge in [-0.15, -0.1) is 28.5 Å². The summed E-state index contributed by atoms with van der Waals surface area (Å²) in [7, 11) is 0. The Morgan fingerprint density at radius 3 is 2.93 bits per heavy atom. The van der Waals surface area contributed by atoms with Crippen molar-refractivity contribution < 1.29 is 9.84 Å². The molecule has 0 aliphatic carbocycles. The van der Waals surface area contributed by atoms with Crippen LogP contribution in [0.3, 0.4) is 0 Å². The highest BCUT2D eigenvalue weighted by atomic mass is 32.2. The topological polar surface area (TPSA) is 55.2 Å². The average Bonchev–Trinajstić information content (AvgIpc) is 2.25. The summed E-state index contributed by atoms with van der Waals surface area (Å²) in [6.07, 6.45) is 1.81. The average molecular weight is 212 g/mol. The summed E-state index contributed by atoms with van der Waals surface area (Å²) >= 11 is 1.56. The van der Waals surface area contributed by atoms with E-state index in [1.165, 1.54) is 0 Å². The summed E-state index contributed by atoms with van der Waals surface area (Å²) < 4.78 is 5.06. The number of aromatic nitrogens is 2. The lowest BCUT2D eigenvalue weighted by Gasteiger charge is -2.02. The largest absolute Gasteiger partial charge is 0.474 e. The Bertz CT molecular complexity index is 277. The second-order valence-corrected chi connectivity index (χ2v) is 3.42. The van der Waals surface area contributed by atoms with Crippen molar-refractivity contribution in [2.45, 2.75) is 5.03 Å². The SMILES string of the molecule is C=CCSc1ccc(OCCO)nn1. The van der Waals surface area contributed by atoms with E-state index < -0.39 is 0 Å². The van der Waals surface area contributed by atoms with Crippen LogP contribution in [0.2, 0.25) is 0 Å². The number of thioether (sulfide) groups is 1. The highest BCUT2D eigenvalue weighted by Crippen LogP contribution is 2.15. The molecule has 76 valence electrons. The fourth-order valence-corrected chi connectivity index (χ4v) is 1.31. The Morgan fingerprint density at radius 1 is 1.50 bits per heavy atom. The molecule has 14 heavy (non-hydrogen) atoms. The third-order valence-corrected chi connectivity index (χ3v) is 2.22. The van der Waals surface area contributed by atoms with Crippen LogP contribution >= 0.6 is 11.8 Å². The standard InChI is InChI=1S/C9H12N2O2S/c1-2-7-14-9-4-3-8(10-11-9)13-6-5-12/h2-4,12H,1,5-7H2. The number of nitrogens with zero attached hydrogens (tertiary/aromatic N) is 2. The lowest BCUT2D eigenvalue weighted by atomic mass is 10.6. The lowest BCUT2D eigenvalue weighted by Crippen LogP contribution is -2.03. The maximum Gasteiger partial charge on any atom is 0.233 e. The van der Waals surface area contributed by atoms with Gasteiger partial charge in [-0.2, -0.15) is 0 Å². The molecule has 0 radical (unpaired) electrons. The lowest BCUT2D eigenvalue weighted by molar-refractivity contribution is 0.195. The van der Waals surface area contributed by atoms with Crippen LogP contribution in [0.4, 0.5) is 0 Å². The molecule has 0 amide bonds. The van der Waals surface area contributed by atoms with Gasteiger partial charge >= 0.3 is 0 Å². The van der Waals surface area contributed by atoms with Crippen molar-refractivity contribution in [1.29, 1.82) is 0 Å². The zero-order chi connectivity index (χ0) is 10.2. The molecule has 5 heteroatoms. The van der Waals surface area contributed by atoms with E-state index in [2.05, 4.69) is 16.8 Å². The van der Waals surface area contributed by atoms with Crippen molar-refractivity contribution in [3.05, 3.63) is 24.8 Å². The van der Waals surface area contributed by atoms with Gasteiger partial charge in [0.25, 0.3) is 0 Å². The van der Waals surface area contributed by atoms with Gasteiger partial charge in [0.2, 0.25) is 5.88 Å². The summed E-state index contributed by atoms with van der Waals surface area (Å²) in [5.41, 5.74) is 0. The zero-order valence-electron chi connectivity index (χ0n) is 7.72. The summed E-state index contributed by atoms with van der Waals surface area (Å²) in [6.45, 7) is 3.84. The Labute approximate surface area is 87.0 Å². The first kappa shape index (κ1) is 11.0.